The number of halogens is 3. The zero-order valence-corrected chi connectivity index (χ0v) is 22.8. The van der Waals surface area contributed by atoms with Crippen LogP contribution in [0.4, 0.5) is 18.3 Å². The smallest absolute Gasteiger partial charge is 0.384 e. The normalized spacial score (nSPS) is 12.4. The van der Waals surface area contributed by atoms with Gasteiger partial charge in [-0.15, -0.1) is 11.3 Å². The molecule has 0 aliphatic carbocycles. The van der Waals surface area contributed by atoms with Crippen molar-refractivity contribution in [2.75, 3.05) is 25.1 Å². The second kappa shape index (κ2) is 10.1. The number of thiazole rings is 1. The minimum absolute atomic E-state index is 0.0545. The van der Waals surface area contributed by atoms with Gasteiger partial charge in [0.1, 0.15) is 0 Å². The molecule has 8 nitrogen and oxygen atoms in total. The number of alkyl halides is 3. The number of sulfonamides is 1. The third-order valence-electron chi connectivity index (χ3n) is 6.42. The molecule has 0 spiro atoms. The lowest BCUT2D eigenvalue weighted by Crippen LogP contribution is -2.26. The van der Waals surface area contributed by atoms with Crippen LogP contribution < -0.4 is 4.31 Å². The second-order valence-corrected chi connectivity index (χ2v) is 11.7. The Morgan fingerprint density at radius 3 is 2.59 bits per heavy atom. The predicted octanol–water partition coefficient (Wildman–Crippen LogP) is 5.72. The average Bonchev–Trinajstić information content (AvgIpc) is 3.65. The van der Waals surface area contributed by atoms with Crippen molar-refractivity contribution in [3.8, 4) is 22.4 Å². The number of rotatable bonds is 8. The number of fused-ring (bicyclic) bond motifs is 1. The largest absolute Gasteiger partial charge is 0.416 e. The summed E-state index contributed by atoms with van der Waals surface area (Å²) in [7, 11) is 0.766. The molecule has 2 aromatic carbocycles. The molecule has 0 radical (unpaired) electrons. The Morgan fingerprint density at radius 2 is 1.90 bits per heavy atom. The molecule has 0 fully saturated rings. The molecule has 0 amide bonds. The Bertz CT molecular complexity index is 1760. The molecule has 204 valence electrons. The first-order valence-corrected chi connectivity index (χ1v) is 14.1. The molecule has 0 saturated heterocycles. The SMILES string of the molecule is COCCc1csc(N(C)S(=O)(=O)c2ccc3c(-c4ccc(C(F)(F)F)cc4-c4ccnn4C)c[nH]c3c2)n1. The third-order valence-corrected chi connectivity index (χ3v) is 9.24. The minimum Gasteiger partial charge on any atom is -0.384 e. The number of nitrogens with one attached hydrogen (secondary N) is 1. The number of methoxy groups -OCH3 is 1. The van der Waals surface area contributed by atoms with E-state index in [1.165, 1.54) is 47.5 Å². The minimum atomic E-state index is -4.51. The fourth-order valence-electron chi connectivity index (χ4n) is 4.32. The quantitative estimate of drug-likeness (QED) is 0.255. The van der Waals surface area contributed by atoms with E-state index in [0.29, 0.717) is 51.4 Å². The van der Waals surface area contributed by atoms with Crippen molar-refractivity contribution >= 4 is 37.4 Å². The number of nitrogens with zero attached hydrogens (tertiary/aromatic N) is 4. The molecule has 0 atom stereocenters. The van der Waals surface area contributed by atoms with E-state index in [-0.39, 0.29) is 4.90 Å². The molecule has 0 aliphatic rings. The van der Waals surface area contributed by atoms with Gasteiger partial charge < -0.3 is 9.72 Å². The van der Waals surface area contributed by atoms with Crippen molar-refractivity contribution < 1.29 is 26.3 Å². The number of aromatic amines is 1. The zero-order valence-electron chi connectivity index (χ0n) is 21.2. The molecule has 0 unspecified atom stereocenters. The topological polar surface area (TPSA) is 93.1 Å². The summed E-state index contributed by atoms with van der Waals surface area (Å²) in [6.07, 6.45) is -0.756. The van der Waals surface area contributed by atoms with Gasteiger partial charge in [-0.3, -0.25) is 4.68 Å². The summed E-state index contributed by atoms with van der Waals surface area (Å²) < 4.78 is 75.1. The maximum atomic E-state index is 13.5. The summed E-state index contributed by atoms with van der Waals surface area (Å²) in [6.45, 7) is 0.479. The van der Waals surface area contributed by atoms with Gasteiger partial charge in [-0.1, -0.05) is 12.1 Å². The van der Waals surface area contributed by atoms with Crippen LogP contribution in [0, 0.1) is 0 Å². The van der Waals surface area contributed by atoms with E-state index in [1.54, 1.807) is 37.9 Å². The molecule has 5 rings (SSSR count). The average molecular weight is 576 g/mol. The predicted molar refractivity (Wildman–Crippen MR) is 144 cm³/mol. The molecular weight excluding hydrogens is 551 g/mol. The van der Waals surface area contributed by atoms with Gasteiger partial charge >= 0.3 is 6.18 Å². The maximum absolute atomic E-state index is 13.5. The number of H-pyrrole nitrogens is 1. The Kier molecular flexibility index (Phi) is 6.99. The summed E-state index contributed by atoms with van der Waals surface area (Å²) in [4.78, 5) is 7.54. The van der Waals surface area contributed by atoms with Crippen molar-refractivity contribution in [3.63, 3.8) is 0 Å². The number of hydrogen-bond acceptors (Lipinski definition) is 6. The first-order chi connectivity index (χ1) is 18.5. The highest BCUT2D eigenvalue weighted by Gasteiger charge is 2.32. The number of aryl methyl sites for hydroxylation is 1. The third kappa shape index (κ3) is 5.04. The van der Waals surface area contributed by atoms with E-state index < -0.39 is 21.8 Å². The summed E-state index contributed by atoms with van der Waals surface area (Å²) in [5, 5.41) is 6.90. The van der Waals surface area contributed by atoms with E-state index in [4.69, 9.17) is 4.74 Å². The van der Waals surface area contributed by atoms with E-state index in [1.807, 2.05) is 0 Å². The lowest BCUT2D eigenvalue weighted by atomic mass is 9.95. The first-order valence-electron chi connectivity index (χ1n) is 11.7. The van der Waals surface area contributed by atoms with Gasteiger partial charge in [0.25, 0.3) is 10.0 Å². The number of hydrogen-bond donors (Lipinski definition) is 1. The highest BCUT2D eigenvalue weighted by molar-refractivity contribution is 7.93. The van der Waals surface area contributed by atoms with Gasteiger partial charge in [0.2, 0.25) is 0 Å². The molecule has 0 bridgehead atoms. The van der Waals surface area contributed by atoms with Gasteiger partial charge in [-0.05, 0) is 35.9 Å². The maximum Gasteiger partial charge on any atom is 0.416 e. The van der Waals surface area contributed by atoms with Crippen LogP contribution in [0.15, 0.2) is 65.1 Å². The fraction of sp³-hybridized carbons (Fsp3) is 0.231. The van der Waals surface area contributed by atoms with Crippen molar-refractivity contribution in [3.05, 3.63) is 71.5 Å². The number of aromatic nitrogens is 4. The monoisotopic (exact) mass is 575 g/mol. The molecule has 3 heterocycles. The van der Waals surface area contributed by atoms with Crippen molar-refractivity contribution in [2.24, 2.45) is 7.05 Å². The second-order valence-electron chi connectivity index (χ2n) is 8.84. The molecule has 3 aromatic heterocycles. The first kappa shape index (κ1) is 26.9. The van der Waals surface area contributed by atoms with Crippen LogP contribution in [0.3, 0.4) is 0 Å². The van der Waals surface area contributed by atoms with Gasteiger partial charge in [0, 0.05) is 67.4 Å². The van der Waals surface area contributed by atoms with Crippen molar-refractivity contribution in [1.82, 2.24) is 19.7 Å². The van der Waals surface area contributed by atoms with Gasteiger partial charge in [0.15, 0.2) is 5.13 Å². The summed E-state index contributed by atoms with van der Waals surface area (Å²) in [5.41, 5.74) is 2.55. The van der Waals surface area contributed by atoms with Crippen molar-refractivity contribution in [2.45, 2.75) is 17.5 Å². The Morgan fingerprint density at radius 1 is 1.10 bits per heavy atom. The summed E-state index contributed by atoms with van der Waals surface area (Å²) in [5.74, 6) is 0. The lowest BCUT2D eigenvalue weighted by Gasteiger charge is -2.16. The van der Waals surface area contributed by atoms with E-state index in [9.17, 15) is 21.6 Å². The van der Waals surface area contributed by atoms with E-state index >= 15 is 0 Å². The van der Waals surface area contributed by atoms with Crippen LogP contribution in [0.25, 0.3) is 33.3 Å². The Labute approximate surface area is 226 Å². The molecule has 39 heavy (non-hydrogen) atoms. The molecule has 13 heteroatoms. The molecule has 0 saturated carbocycles. The zero-order chi connectivity index (χ0) is 27.9. The van der Waals surface area contributed by atoms with Gasteiger partial charge in [-0.2, -0.15) is 18.3 Å². The highest BCUT2D eigenvalue weighted by Crippen LogP contribution is 2.40. The van der Waals surface area contributed by atoms with Crippen LogP contribution >= 0.6 is 11.3 Å². The number of ether oxygens (including phenoxy) is 1. The standard InChI is InChI=1S/C26H24F3N5O3S2/c1-33-24(8-10-31-33)21-12-16(26(27,28)29)4-6-19(21)22-14-30-23-13-18(5-7-20(22)23)39(35,36)34(2)25-32-17(15-38-25)9-11-37-3/h4-8,10,12-15,30H,9,11H2,1-3H3. The highest BCUT2D eigenvalue weighted by atomic mass is 32.2. The van der Waals surface area contributed by atoms with Crippen LogP contribution in [0.5, 0.6) is 0 Å². The summed E-state index contributed by atoms with van der Waals surface area (Å²) >= 11 is 1.22. The van der Waals surface area contributed by atoms with Crippen molar-refractivity contribution in [1.29, 1.82) is 0 Å². The van der Waals surface area contributed by atoms with E-state index in [2.05, 4.69) is 15.1 Å². The van der Waals surface area contributed by atoms with Crippen LogP contribution in [0.2, 0.25) is 0 Å². The molecule has 1 N–H and O–H groups in total. The summed E-state index contributed by atoms with van der Waals surface area (Å²) in [6, 6.07) is 9.86. The van der Waals surface area contributed by atoms with Crippen LogP contribution in [-0.2, 0) is 34.4 Å². The molecule has 5 aromatic rings. The number of anilines is 1. The van der Waals surface area contributed by atoms with E-state index in [0.717, 1.165) is 22.1 Å². The van der Waals surface area contributed by atoms with Gasteiger partial charge in [-0.25, -0.2) is 17.7 Å². The van der Waals surface area contributed by atoms with Crippen LogP contribution in [0.1, 0.15) is 11.3 Å². The lowest BCUT2D eigenvalue weighted by molar-refractivity contribution is -0.137. The van der Waals surface area contributed by atoms with Gasteiger partial charge in [0.05, 0.1) is 28.5 Å². The molecular formula is C26H24F3N5O3S2. The van der Waals surface area contributed by atoms with Crippen LogP contribution in [-0.4, -0.2) is 48.9 Å². The Balaban J connectivity index is 1.54. The fourth-order valence-corrected chi connectivity index (χ4v) is 6.54. The number of benzene rings is 2. The molecule has 0 aliphatic heterocycles. The Hall–Kier alpha value is -3.68.